The average molecular weight is 402 g/mol. The van der Waals surface area contributed by atoms with Crippen LogP contribution in [0.1, 0.15) is 10.5 Å². The van der Waals surface area contributed by atoms with E-state index in [1.165, 1.54) is 0 Å². The summed E-state index contributed by atoms with van der Waals surface area (Å²) in [6.07, 6.45) is -3.35. The molecule has 4 aromatic rings. The number of fused-ring (bicyclic) bond motifs is 2. The maximum Gasteiger partial charge on any atom is 0.490 e. The van der Waals surface area contributed by atoms with E-state index in [4.69, 9.17) is 9.90 Å². The maximum atomic E-state index is 12.4. The van der Waals surface area contributed by atoms with Gasteiger partial charge in [0.1, 0.15) is 0 Å². The number of aromatic amines is 1. The van der Waals surface area contributed by atoms with Crippen molar-refractivity contribution in [3.05, 3.63) is 66.5 Å². The Hall–Kier alpha value is -3.95. The van der Waals surface area contributed by atoms with Gasteiger partial charge < -0.3 is 10.4 Å². The lowest BCUT2D eigenvalue weighted by Gasteiger charge is -2.05. The molecule has 4 rings (SSSR count). The topological polar surface area (TPSA) is 108 Å². The Labute approximate surface area is 161 Å². The van der Waals surface area contributed by atoms with Crippen LogP contribution in [0.25, 0.3) is 21.8 Å². The van der Waals surface area contributed by atoms with Crippen molar-refractivity contribution in [3.8, 4) is 0 Å². The minimum absolute atomic E-state index is 0.243. The molecule has 29 heavy (non-hydrogen) atoms. The molecule has 148 valence electrons. The molecule has 0 bridgehead atoms. The second-order valence-corrected chi connectivity index (χ2v) is 5.79. The zero-order valence-corrected chi connectivity index (χ0v) is 14.6. The van der Waals surface area contributed by atoms with E-state index in [9.17, 15) is 18.0 Å². The molecule has 0 atom stereocenters. The van der Waals surface area contributed by atoms with Gasteiger partial charge in [0, 0.05) is 22.7 Å². The van der Waals surface area contributed by atoms with Gasteiger partial charge in [0.15, 0.2) is 5.69 Å². The second-order valence-electron chi connectivity index (χ2n) is 5.79. The molecule has 7 nitrogen and oxygen atoms in total. The summed E-state index contributed by atoms with van der Waals surface area (Å²) >= 11 is 0. The Bertz CT molecular complexity index is 1190. The summed E-state index contributed by atoms with van der Waals surface area (Å²) in [5.74, 6) is -3.00. The monoisotopic (exact) mass is 402 g/mol. The number of aromatic nitrogens is 3. The number of aliphatic carboxylic acids is 1. The summed E-state index contributed by atoms with van der Waals surface area (Å²) in [4.78, 5) is 25.6. The highest BCUT2D eigenvalue weighted by Gasteiger charge is 2.38. The minimum atomic E-state index is -5.08. The van der Waals surface area contributed by atoms with Crippen LogP contribution in [0.5, 0.6) is 0 Å². The van der Waals surface area contributed by atoms with Crippen molar-refractivity contribution in [1.29, 1.82) is 0 Å². The third kappa shape index (κ3) is 4.67. The number of amides is 1. The van der Waals surface area contributed by atoms with Crippen molar-refractivity contribution in [2.75, 3.05) is 5.32 Å². The van der Waals surface area contributed by atoms with Crippen LogP contribution in [-0.4, -0.2) is 38.3 Å². The smallest absolute Gasteiger partial charge is 0.475 e. The number of pyridine rings is 1. The van der Waals surface area contributed by atoms with Crippen molar-refractivity contribution in [2.24, 2.45) is 0 Å². The molecular weight excluding hydrogens is 389 g/mol. The number of carboxylic acids is 1. The molecule has 10 heteroatoms. The quantitative estimate of drug-likeness (QED) is 0.470. The fourth-order valence-electron chi connectivity index (χ4n) is 2.47. The molecule has 3 N–H and O–H groups in total. The summed E-state index contributed by atoms with van der Waals surface area (Å²) in [5.41, 5.74) is 2.76. The van der Waals surface area contributed by atoms with Gasteiger partial charge in [-0.25, -0.2) is 4.79 Å². The minimum Gasteiger partial charge on any atom is -0.475 e. The van der Waals surface area contributed by atoms with Crippen LogP contribution in [0, 0.1) is 0 Å². The number of para-hydroxylation sites is 1. The molecule has 0 fully saturated rings. The molecular formula is C19H13F3N4O3. The Morgan fingerprint density at radius 2 is 1.76 bits per heavy atom. The van der Waals surface area contributed by atoms with E-state index in [1.54, 1.807) is 6.20 Å². The molecule has 0 aliphatic rings. The highest BCUT2D eigenvalue weighted by molar-refractivity contribution is 6.11. The lowest BCUT2D eigenvalue weighted by Crippen LogP contribution is -2.21. The van der Waals surface area contributed by atoms with Gasteiger partial charge >= 0.3 is 12.1 Å². The number of anilines is 1. The van der Waals surface area contributed by atoms with Crippen LogP contribution in [0.4, 0.5) is 18.9 Å². The Kier molecular flexibility index (Phi) is 5.44. The van der Waals surface area contributed by atoms with E-state index in [2.05, 4.69) is 20.5 Å². The van der Waals surface area contributed by atoms with E-state index >= 15 is 0 Å². The molecule has 0 unspecified atom stereocenters. The van der Waals surface area contributed by atoms with Gasteiger partial charge in [0.2, 0.25) is 0 Å². The highest BCUT2D eigenvalue weighted by atomic mass is 19.4. The van der Waals surface area contributed by atoms with Gasteiger partial charge in [-0.15, -0.1) is 0 Å². The summed E-state index contributed by atoms with van der Waals surface area (Å²) in [6.45, 7) is 0. The summed E-state index contributed by atoms with van der Waals surface area (Å²) in [5, 5.41) is 18.8. The van der Waals surface area contributed by atoms with Gasteiger partial charge in [-0.3, -0.25) is 14.9 Å². The number of nitrogens with one attached hydrogen (secondary N) is 2. The molecule has 2 aromatic heterocycles. The van der Waals surface area contributed by atoms with E-state index < -0.39 is 12.1 Å². The number of hydrogen-bond acceptors (Lipinski definition) is 4. The molecule has 0 saturated heterocycles. The van der Waals surface area contributed by atoms with E-state index in [0.717, 1.165) is 21.8 Å². The predicted octanol–water partition coefficient (Wildman–Crippen LogP) is 4.00. The predicted molar refractivity (Wildman–Crippen MR) is 99.5 cm³/mol. The first kappa shape index (κ1) is 19.8. The lowest BCUT2D eigenvalue weighted by atomic mass is 10.2. The lowest BCUT2D eigenvalue weighted by molar-refractivity contribution is -0.192. The van der Waals surface area contributed by atoms with Crippen LogP contribution in [-0.2, 0) is 4.79 Å². The molecule has 0 spiro atoms. The van der Waals surface area contributed by atoms with Crippen LogP contribution in [0.2, 0.25) is 0 Å². The Morgan fingerprint density at radius 3 is 2.48 bits per heavy atom. The van der Waals surface area contributed by atoms with Gasteiger partial charge in [0.05, 0.1) is 11.0 Å². The van der Waals surface area contributed by atoms with Crippen molar-refractivity contribution in [1.82, 2.24) is 15.2 Å². The van der Waals surface area contributed by atoms with Gasteiger partial charge in [-0.05, 0) is 24.3 Å². The number of halogens is 3. The number of nitrogens with zero attached hydrogens (tertiary/aromatic N) is 2. The van der Waals surface area contributed by atoms with Crippen LogP contribution >= 0.6 is 0 Å². The van der Waals surface area contributed by atoms with Gasteiger partial charge in [-0.1, -0.05) is 30.3 Å². The number of H-pyrrole nitrogens is 1. The zero-order valence-electron chi connectivity index (χ0n) is 14.6. The van der Waals surface area contributed by atoms with Crippen molar-refractivity contribution < 1.29 is 27.9 Å². The van der Waals surface area contributed by atoms with Crippen molar-refractivity contribution >= 4 is 39.4 Å². The first-order valence-corrected chi connectivity index (χ1v) is 8.15. The summed E-state index contributed by atoms with van der Waals surface area (Å²) in [7, 11) is 0. The normalized spacial score (nSPS) is 11.0. The summed E-state index contributed by atoms with van der Waals surface area (Å²) in [6, 6.07) is 17.0. The van der Waals surface area contributed by atoms with Crippen molar-refractivity contribution in [2.45, 2.75) is 6.18 Å². The standard InChI is InChI=1S/C17H12N4O.C2HF3O2/c22-17(16-13-5-1-2-6-14(13)20-21-16)19-12-8-7-11-4-3-9-18-15(11)10-12;3-2(4,5)1(6)7/h1-10H,(H,19,22)(H,20,21);(H,6,7). The van der Waals surface area contributed by atoms with Gasteiger partial charge in [-0.2, -0.15) is 18.3 Å². The van der Waals surface area contributed by atoms with E-state index in [-0.39, 0.29) is 5.91 Å². The number of hydrogen-bond donors (Lipinski definition) is 3. The third-order valence-electron chi connectivity index (χ3n) is 3.79. The molecule has 0 saturated carbocycles. The number of carboxylic acid groups (broad SMARTS) is 1. The fourth-order valence-corrected chi connectivity index (χ4v) is 2.47. The Morgan fingerprint density at radius 1 is 1.03 bits per heavy atom. The largest absolute Gasteiger partial charge is 0.490 e. The van der Waals surface area contributed by atoms with Crippen LogP contribution < -0.4 is 5.32 Å². The average Bonchev–Trinajstić information content (AvgIpc) is 3.12. The number of benzene rings is 2. The molecule has 2 heterocycles. The maximum absolute atomic E-state index is 12.4. The molecule has 1 amide bonds. The fraction of sp³-hybridized carbons (Fsp3) is 0.0526. The van der Waals surface area contributed by atoms with E-state index in [0.29, 0.717) is 11.4 Å². The second kappa shape index (κ2) is 7.97. The third-order valence-corrected chi connectivity index (χ3v) is 3.79. The first-order chi connectivity index (χ1) is 13.8. The SMILES string of the molecule is O=C(Nc1ccc2cccnc2c1)c1n[nH]c2ccccc12.O=C(O)C(F)(F)F. The number of rotatable bonds is 2. The number of alkyl halides is 3. The van der Waals surface area contributed by atoms with E-state index in [1.807, 2.05) is 54.6 Å². The van der Waals surface area contributed by atoms with Crippen LogP contribution in [0.3, 0.4) is 0 Å². The zero-order chi connectivity index (χ0) is 21.0. The Balaban J connectivity index is 0.000000298. The van der Waals surface area contributed by atoms with Crippen molar-refractivity contribution in [3.63, 3.8) is 0 Å². The molecule has 0 aliphatic heterocycles. The first-order valence-electron chi connectivity index (χ1n) is 8.15. The van der Waals surface area contributed by atoms with Gasteiger partial charge in [0.25, 0.3) is 5.91 Å². The highest BCUT2D eigenvalue weighted by Crippen LogP contribution is 2.20. The number of carbonyl (C=O) groups excluding carboxylic acids is 1. The number of carbonyl (C=O) groups is 2. The molecule has 0 radical (unpaired) electrons. The van der Waals surface area contributed by atoms with Crippen LogP contribution in [0.15, 0.2) is 60.8 Å². The summed E-state index contributed by atoms with van der Waals surface area (Å²) < 4.78 is 31.7. The molecule has 0 aliphatic carbocycles. The molecule has 2 aromatic carbocycles.